The third-order valence-electron chi connectivity index (χ3n) is 8.18. The Morgan fingerprint density at radius 2 is 1.50 bits per heavy atom. The average molecular weight is 534 g/mol. The zero-order chi connectivity index (χ0) is 26.6. The number of benzene rings is 3. The molecule has 0 radical (unpaired) electrons. The highest BCUT2D eigenvalue weighted by Gasteiger charge is 2.50. The Bertz CT molecular complexity index is 1200. The molecule has 7 heteroatoms. The Labute approximate surface area is 228 Å². The van der Waals surface area contributed by atoms with Crippen molar-refractivity contribution in [2.45, 2.75) is 31.0 Å². The molecular weight excluding hydrogens is 500 g/mol. The molecule has 6 nitrogen and oxygen atoms in total. The maximum absolute atomic E-state index is 13.7. The number of amides is 1. The van der Waals surface area contributed by atoms with Crippen LogP contribution in [0.4, 0.5) is 0 Å². The van der Waals surface area contributed by atoms with Gasteiger partial charge in [0.05, 0.1) is 19.6 Å². The van der Waals surface area contributed by atoms with Crippen molar-refractivity contribution in [3.8, 4) is 0 Å². The van der Waals surface area contributed by atoms with E-state index in [2.05, 4.69) is 5.32 Å². The predicted octanol–water partition coefficient (Wildman–Crippen LogP) is 4.55. The summed E-state index contributed by atoms with van der Waals surface area (Å²) in [6.45, 7) is 4.32. The van der Waals surface area contributed by atoms with E-state index in [1.165, 1.54) is 0 Å². The normalized spacial score (nSPS) is 22.6. The number of carbonyl (C=O) groups excluding carboxylic acids is 2. The fourth-order valence-electron chi connectivity index (χ4n) is 5.97. The van der Waals surface area contributed by atoms with Crippen LogP contribution in [0.1, 0.15) is 40.7 Å². The topological polar surface area (TPSA) is 75.6 Å². The van der Waals surface area contributed by atoms with Crippen molar-refractivity contribution in [2.75, 3.05) is 32.7 Å². The SMILES string of the molecule is O=C(NCCC[N+]12CCC(CC1)[C@@H](OC(=O)C(O)(c1ccccc1)c1ccccc1)C2)c1ccc(Cl)cc1. The van der Waals surface area contributed by atoms with Crippen LogP contribution in [0, 0.1) is 5.92 Å². The molecule has 3 aromatic rings. The van der Waals surface area contributed by atoms with Crippen LogP contribution in [-0.4, -0.2) is 60.3 Å². The van der Waals surface area contributed by atoms with Crippen molar-refractivity contribution >= 4 is 23.5 Å². The summed E-state index contributed by atoms with van der Waals surface area (Å²) in [5.41, 5.74) is -0.280. The molecule has 2 bridgehead atoms. The number of hydrogen-bond acceptors (Lipinski definition) is 4. The molecule has 3 fully saturated rings. The van der Waals surface area contributed by atoms with E-state index in [-0.39, 0.29) is 12.0 Å². The van der Waals surface area contributed by atoms with Crippen LogP contribution in [0.5, 0.6) is 0 Å². The first-order chi connectivity index (χ1) is 18.4. The van der Waals surface area contributed by atoms with Crippen LogP contribution < -0.4 is 5.32 Å². The lowest BCUT2D eigenvalue weighted by molar-refractivity contribution is -0.946. The summed E-state index contributed by atoms with van der Waals surface area (Å²) >= 11 is 5.92. The molecule has 0 aliphatic carbocycles. The van der Waals surface area contributed by atoms with Crippen molar-refractivity contribution in [1.82, 2.24) is 5.32 Å². The Hall–Kier alpha value is -3.19. The standard InChI is InChI=1S/C31H33ClN2O4/c32-27-14-12-24(13-15-27)29(35)33-18-7-19-34-20-16-23(17-21-34)28(22-34)38-30(36)31(37,25-8-3-1-4-9-25)26-10-5-2-6-11-26/h1-6,8-15,23,28,37H,7,16-22H2/p+1/t23?,28-,34?/m0/s1. The zero-order valence-electron chi connectivity index (χ0n) is 21.4. The highest BCUT2D eigenvalue weighted by molar-refractivity contribution is 6.30. The minimum atomic E-state index is -1.87. The summed E-state index contributed by atoms with van der Waals surface area (Å²) in [6.07, 6.45) is 2.57. The lowest BCUT2D eigenvalue weighted by Crippen LogP contribution is -2.65. The number of aliphatic hydroxyl groups is 1. The summed E-state index contributed by atoms with van der Waals surface area (Å²) < 4.78 is 7.03. The summed E-state index contributed by atoms with van der Waals surface area (Å²) in [6, 6.07) is 24.9. The van der Waals surface area contributed by atoms with Gasteiger partial charge in [0.15, 0.2) is 6.10 Å². The van der Waals surface area contributed by atoms with E-state index in [0.717, 1.165) is 49.9 Å². The predicted molar refractivity (Wildman–Crippen MR) is 147 cm³/mol. The number of nitrogens with one attached hydrogen (secondary N) is 1. The number of ether oxygens (including phenoxy) is 1. The van der Waals surface area contributed by atoms with Gasteiger partial charge in [-0.05, 0) is 35.4 Å². The molecule has 3 aromatic carbocycles. The third-order valence-corrected chi connectivity index (χ3v) is 8.43. The number of piperidine rings is 3. The van der Waals surface area contributed by atoms with E-state index in [4.69, 9.17) is 16.3 Å². The largest absolute Gasteiger partial charge is 0.453 e. The van der Waals surface area contributed by atoms with Gasteiger partial charge in [-0.25, -0.2) is 4.79 Å². The molecule has 0 spiro atoms. The lowest BCUT2D eigenvalue weighted by atomic mass is 9.82. The van der Waals surface area contributed by atoms with Gasteiger partial charge in [-0.1, -0.05) is 72.3 Å². The summed E-state index contributed by atoms with van der Waals surface area (Å²) in [5, 5.41) is 15.4. The molecule has 0 unspecified atom stereocenters. The van der Waals surface area contributed by atoms with Crippen LogP contribution >= 0.6 is 11.6 Å². The van der Waals surface area contributed by atoms with Gasteiger partial charge in [-0.3, -0.25) is 4.79 Å². The molecule has 3 aliphatic rings. The van der Waals surface area contributed by atoms with Gasteiger partial charge in [0.1, 0.15) is 6.54 Å². The second-order valence-corrected chi connectivity index (χ2v) is 11.0. The highest BCUT2D eigenvalue weighted by atomic mass is 35.5. The van der Waals surface area contributed by atoms with Gasteiger partial charge in [0.25, 0.3) is 5.91 Å². The quantitative estimate of drug-likeness (QED) is 0.240. The Balaban J connectivity index is 1.22. The molecule has 38 heavy (non-hydrogen) atoms. The van der Waals surface area contributed by atoms with Crippen molar-refractivity contribution in [2.24, 2.45) is 5.92 Å². The van der Waals surface area contributed by atoms with Crippen molar-refractivity contribution in [3.63, 3.8) is 0 Å². The van der Waals surface area contributed by atoms with Gasteiger partial charge < -0.3 is 19.6 Å². The van der Waals surface area contributed by atoms with Crippen molar-refractivity contribution in [3.05, 3.63) is 107 Å². The fourth-order valence-corrected chi connectivity index (χ4v) is 6.10. The number of quaternary nitrogens is 1. The molecule has 0 saturated carbocycles. The average Bonchev–Trinajstić information content (AvgIpc) is 2.96. The number of halogens is 1. The van der Waals surface area contributed by atoms with Crippen molar-refractivity contribution in [1.29, 1.82) is 0 Å². The van der Waals surface area contributed by atoms with Gasteiger partial charge in [-0.15, -0.1) is 0 Å². The van der Waals surface area contributed by atoms with Gasteiger partial charge in [0, 0.05) is 42.3 Å². The molecule has 6 rings (SSSR count). The summed E-state index contributed by atoms with van der Waals surface area (Å²) in [4.78, 5) is 26.1. The van der Waals surface area contributed by atoms with Crippen molar-refractivity contribution < 1.29 is 23.9 Å². The van der Waals surface area contributed by atoms with E-state index in [1.54, 1.807) is 48.5 Å². The summed E-state index contributed by atoms with van der Waals surface area (Å²) in [7, 11) is 0. The Morgan fingerprint density at radius 1 is 0.921 bits per heavy atom. The number of esters is 1. The first-order valence-corrected chi connectivity index (χ1v) is 13.7. The van der Waals surface area contributed by atoms with Crippen LogP contribution in [0.2, 0.25) is 5.02 Å². The van der Waals surface area contributed by atoms with E-state index in [9.17, 15) is 14.7 Å². The zero-order valence-corrected chi connectivity index (χ0v) is 22.1. The lowest BCUT2D eigenvalue weighted by Gasteiger charge is -2.52. The van der Waals surface area contributed by atoms with E-state index in [0.29, 0.717) is 34.2 Å². The monoisotopic (exact) mass is 533 g/mol. The van der Waals surface area contributed by atoms with Crippen LogP contribution in [-0.2, 0) is 15.1 Å². The first-order valence-electron chi connectivity index (χ1n) is 13.3. The molecule has 0 aromatic heterocycles. The van der Waals surface area contributed by atoms with Gasteiger partial charge in [0.2, 0.25) is 5.60 Å². The van der Waals surface area contributed by atoms with E-state index >= 15 is 0 Å². The van der Waals surface area contributed by atoms with Crippen LogP contribution in [0.15, 0.2) is 84.9 Å². The van der Waals surface area contributed by atoms with Crippen LogP contribution in [0.3, 0.4) is 0 Å². The van der Waals surface area contributed by atoms with Crippen LogP contribution in [0.25, 0.3) is 0 Å². The maximum Gasteiger partial charge on any atom is 0.348 e. The molecule has 1 atom stereocenters. The highest BCUT2D eigenvalue weighted by Crippen LogP contribution is 2.38. The van der Waals surface area contributed by atoms with Gasteiger partial charge >= 0.3 is 5.97 Å². The number of fused-ring (bicyclic) bond motifs is 3. The van der Waals surface area contributed by atoms with E-state index < -0.39 is 11.6 Å². The minimum absolute atomic E-state index is 0.105. The molecule has 3 saturated heterocycles. The Morgan fingerprint density at radius 3 is 2.08 bits per heavy atom. The third kappa shape index (κ3) is 5.48. The van der Waals surface area contributed by atoms with E-state index in [1.807, 2.05) is 36.4 Å². The molecule has 198 valence electrons. The Kier molecular flexibility index (Phi) is 7.84. The number of rotatable bonds is 9. The maximum atomic E-state index is 13.7. The second kappa shape index (κ2) is 11.3. The fraction of sp³-hybridized carbons (Fsp3) is 0.355. The number of carbonyl (C=O) groups is 2. The molecular formula is C31H34ClN2O4+. The second-order valence-electron chi connectivity index (χ2n) is 10.5. The number of nitrogens with zero attached hydrogens (tertiary/aromatic N) is 1. The smallest absolute Gasteiger partial charge is 0.348 e. The number of hydrogen-bond donors (Lipinski definition) is 2. The first kappa shape index (κ1) is 26.4. The minimum Gasteiger partial charge on any atom is -0.453 e. The molecule has 3 heterocycles. The molecule has 3 aliphatic heterocycles. The summed E-state index contributed by atoms with van der Waals surface area (Å²) in [5.74, 6) is -0.423. The van der Waals surface area contributed by atoms with Gasteiger partial charge in [-0.2, -0.15) is 0 Å². The molecule has 2 N–H and O–H groups in total. The molecule has 1 amide bonds.